The van der Waals surface area contributed by atoms with Crippen LogP contribution in [0.1, 0.15) is 28.9 Å². The van der Waals surface area contributed by atoms with E-state index in [9.17, 15) is 4.79 Å². The van der Waals surface area contributed by atoms with Crippen molar-refractivity contribution in [3.63, 3.8) is 0 Å². The summed E-state index contributed by atoms with van der Waals surface area (Å²) in [6, 6.07) is 3.64. The summed E-state index contributed by atoms with van der Waals surface area (Å²) in [5.74, 6) is 0.364. The van der Waals surface area contributed by atoms with Crippen LogP contribution in [-0.2, 0) is 16.0 Å². The molecule has 1 fully saturated rings. The van der Waals surface area contributed by atoms with Gasteiger partial charge in [-0.2, -0.15) is 0 Å². The molecule has 1 aliphatic rings. The maximum Gasteiger partial charge on any atom is 0.339 e. The Morgan fingerprint density at radius 1 is 1.45 bits per heavy atom. The Balaban J connectivity index is 1.84. The van der Waals surface area contributed by atoms with Crippen molar-refractivity contribution in [2.24, 2.45) is 5.92 Å². The van der Waals surface area contributed by atoms with Gasteiger partial charge in [0.05, 0.1) is 18.4 Å². The van der Waals surface area contributed by atoms with Gasteiger partial charge in [-0.15, -0.1) is 0 Å². The predicted molar refractivity (Wildman–Crippen MR) is 75.5 cm³/mol. The van der Waals surface area contributed by atoms with Gasteiger partial charge in [-0.25, -0.2) is 4.79 Å². The first-order chi connectivity index (χ1) is 9.69. The summed E-state index contributed by atoms with van der Waals surface area (Å²) >= 11 is 0. The lowest BCUT2D eigenvalue weighted by Crippen LogP contribution is -2.29. The van der Waals surface area contributed by atoms with Crippen molar-refractivity contribution in [1.82, 2.24) is 9.88 Å². The van der Waals surface area contributed by atoms with Crippen molar-refractivity contribution < 1.29 is 14.3 Å². The quantitative estimate of drug-likeness (QED) is 0.768. The Hall–Kier alpha value is -1.46. The maximum atomic E-state index is 11.3. The Morgan fingerprint density at radius 3 is 2.80 bits per heavy atom. The third-order valence-electron chi connectivity index (χ3n) is 3.59. The van der Waals surface area contributed by atoms with Gasteiger partial charge in [0.1, 0.15) is 0 Å². The number of ether oxygens (including phenoxy) is 2. The summed E-state index contributed by atoms with van der Waals surface area (Å²) in [5, 5.41) is 0. The first kappa shape index (κ1) is 14.9. The molecule has 5 heteroatoms. The normalized spacial score (nSPS) is 16.4. The minimum atomic E-state index is -0.348. The largest absolute Gasteiger partial charge is 0.465 e. The number of pyridine rings is 1. The van der Waals surface area contributed by atoms with Crippen LogP contribution < -0.4 is 0 Å². The van der Waals surface area contributed by atoms with E-state index in [1.165, 1.54) is 7.11 Å². The molecule has 0 spiro atoms. The van der Waals surface area contributed by atoms with E-state index in [4.69, 9.17) is 4.74 Å². The topological polar surface area (TPSA) is 51.7 Å². The molecular weight excluding hydrogens is 256 g/mol. The zero-order chi connectivity index (χ0) is 14.4. The number of methoxy groups -OCH3 is 1. The average molecular weight is 278 g/mol. The monoisotopic (exact) mass is 278 g/mol. The molecule has 110 valence electrons. The molecule has 1 aliphatic heterocycles. The van der Waals surface area contributed by atoms with Crippen LogP contribution in [-0.4, -0.2) is 49.8 Å². The molecular formula is C15H22N2O3. The summed E-state index contributed by atoms with van der Waals surface area (Å²) in [6.45, 7) is 3.61. The van der Waals surface area contributed by atoms with Crippen LogP contribution in [0.2, 0.25) is 0 Å². The van der Waals surface area contributed by atoms with Crippen molar-refractivity contribution in [1.29, 1.82) is 0 Å². The molecule has 0 aromatic carbocycles. The van der Waals surface area contributed by atoms with Crippen molar-refractivity contribution in [2.75, 3.05) is 33.9 Å². The lowest BCUT2D eigenvalue weighted by molar-refractivity contribution is 0.0548. The van der Waals surface area contributed by atoms with E-state index >= 15 is 0 Å². The highest BCUT2D eigenvalue weighted by atomic mass is 16.5. The van der Waals surface area contributed by atoms with Crippen LogP contribution in [0.25, 0.3) is 0 Å². The average Bonchev–Trinajstić information content (AvgIpc) is 2.48. The first-order valence-electron chi connectivity index (χ1n) is 6.98. The minimum Gasteiger partial charge on any atom is -0.465 e. The van der Waals surface area contributed by atoms with E-state index < -0.39 is 0 Å². The van der Waals surface area contributed by atoms with Gasteiger partial charge >= 0.3 is 5.97 Å². The van der Waals surface area contributed by atoms with Crippen LogP contribution in [0.5, 0.6) is 0 Å². The molecule has 20 heavy (non-hydrogen) atoms. The van der Waals surface area contributed by atoms with Gasteiger partial charge in [0.2, 0.25) is 0 Å². The lowest BCUT2D eigenvalue weighted by Gasteiger charge is -2.26. The fourth-order valence-electron chi connectivity index (χ4n) is 2.47. The van der Waals surface area contributed by atoms with Crippen LogP contribution >= 0.6 is 0 Å². The molecule has 0 amide bonds. The minimum absolute atomic E-state index is 0.348. The summed E-state index contributed by atoms with van der Waals surface area (Å²) in [6.07, 6.45) is 3.85. The lowest BCUT2D eigenvalue weighted by atomic mass is 10.00. The van der Waals surface area contributed by atoms with Crippen LogP contribution in [0.4, 0.5) is 0 Å². The molecule has 1 aromatic heterocycles. The van der Waals surface area contributed by atoms with Gasteiger partial charge in [-0.1, -0.05) is 0 Å². The van der Waals surface area contributed by atoms with Crippen LogP contribution in [0.3, 0.4) is 0 Å². The van der Waals surface area contributed by atoms with E-state index in [1.807, 2.05) is 6.07 Å². The molecule has 0 radical (unpaired) electrons. The SMILES string of the molecule is COC(=O)c1ccc(CN(C)CC2CCOCC2)nc1. The van der Waals surface area contributed by atoms with Crippen LogP contribution in [0.15, 0.2) is 18.3 Å². The highest BCUT2D eigenvalue weighted by Gasteiger charge is 2.16. The molecule has 0 unspecified atom stereocenters. The number of hydrogen-bond acceptors (Lipinski definition) is 5. The number of rotatable bonds is 5. The number of aromatic nitrogens is 1. The molecule has 2 heterocycles. The van der Waals surface area contributed by atoms with E-state index in [2.05, 4.69) is 21.7 Å². The van der Waals surface area contributed by atoms with Crippen molar-refractivity contribution in [3.05, 3.63) is 29.6 Å². The molecule has 0 N–H and O–H groups in total. The van der Waals surface area contributed by atoms with Crippen molar-refractivity contribution in [3.8, 4) is 0 Å². The summed E-state index contributed by atoms with van der Waals surface area (Å²) in [5.41, 5.74) is 1.45. The van der Waals surface area contributed by atoms with Crippen molar-refractivity contribution in [2.45, 2.75) is 19.4 Å². The molecule has 0 bridgehead atoms. The molecule has 5 nitrogen and oxygen atoms in total. The van der Waals surface area contributed by atoms with E-state index in [1.54, 1.807) is 12.3 Å². The predicted octanol–water partition coefficient (Wildman–Crippen LogP) is 1.73. The maximum absolute atomic E-state index is 11.3. The number of carbonyl (C=O) groups is 1. The smallest absolute Gasteiger partial charge is 0.339 e. The fraction of sp³-hybridized carbons (Fsp3) is 0.600. The van der Waals surface area contributed by atoms with Gasteiger partial charge in [0.25, 0.3) is 0 Å². The Morgan fingerprint density at radius 2 is 2.20 bits per heavy atom. The molecule has 1 saturated heterocycles. The Labute approximate surface area is 119 Å². The van der Waals surface area contributed by atoms with Gasteiger partial charge < -0.3 is 14.4 Å². The van der Waals surface area contributed by atoms with Gasteiger partial charge in [0.15, 0.2) is 0 Å². The second-order valence-electron chi connectivity index (χ2n) is 5.28. The highest BCUT2D eigenvalue weighted by molar-refractivity contribution is 5.88. The number of carbonyl (C=O) groups excluding carboxylic acids is 1. The van der Waals surface area contributed by atoms with Crippen molar-refractivity contribution >= 4 is 5.97 Å². The summed E-state index contributed by atoms with van der Waals surface area (Å²) in [7, 11) is 3.48. The summed E-state index contributed by atoms with van der Waals surface area (Å²) in [4.78, 5) is 17.9. The number of esters is 1. The second kappa shape index (κ2) is 7.36. The Bertz CT molecular complexity index is 427. The zero-order valence-electron chi connectivity index (χ0n) is 12.2. The molecule has 0 atom stereocenters. The fourth-order valence-corrected chi connectivity index (χ4v) is 2.47. The third-order valence-corrected chi connectivity index (χ3v) is 3.59. The van der Waals surface area contributed by atoms with E-state index in [0.29, 0.717) is 11.5 Å². The standard InChI is InChI=1S/C15H22N2O3/c1-17(10-12-5-7-20-8-6-12)11-14-4-3-13(9-16-14)15(18)19-2/h3-4,9,12H,5-8,10-11H2,1-2H3. The van der Waals surface area contributed by atoms with E-state index in [0.717, 1.165) is 44.8 Å². The molecule has 0 aliphatic carbocycles. The van der Waals surface area contributed by atoms with Crippen LogP contribution in [0, 0.1) is 5.92 Å². The Kier molecular flexibility index (Phi) is 5.49. The number of hydrogen-bond donors (Lipinski definition) is 0. The summed E-state index contributed by atoms with van der Waals surface area (Å²) < 4.78 is 10.0. The number of nitrogens with zero attached hydrogens (tertiary/aromatic N) is 2. The van der Waals surface area contributed by atoms with Gasteiger partial charge in [-0.3, -0.25) is 4.98 Å². The van der Waals surface area contributed by atoms with Gasteiger partial charge in [0, 0.05) is 32.5 Å². The first-order valence-corrected chi connectivity index (χ1v) is 6.98. The zero-order valence-corrected chi connectivity index (χ0v) is 12.2. The molecule has 2 rings (SSSR count). The third kappa shape index (κ3) is 4.28. The second-order valence-corrected chi connectivity index (χ2v) is 5.28. The molecule has 1 aromatic rings. The highest BCUT2D eigenvalue weighted by Crippen LogP contribution is 2.16. The van der Waals surface area contributed by atoms with E-state index in [-0.39, 0.29) is 5.97 Å². The molecule has 0 saturated carbocycles. The van der Waals surface area contributed by atoms with Gasteiger partial charge in [-0.05, 0) is 37.9 Å².